The molecule has 1 aromatic heterocycles. The molecular formula is C31H24ClFN2O2S. The van der Waals surface area contributed by atoms with Crippen molar-refractivity contribution in [2.24, 2.45) is 4.99 Å². The summed E-state index contributed by atoms with van der Waals surface area (Å²) in [5.41, 5.74) is 4.48. The zero-order valence-corrected chi connectivity index (χ0v) is 22.3. The van der Waals surface area contributed by atoms with Crippen molar-refractivity contribution < 1.29 is 13.9 Å². The van der Waals surface area contributed by atoms with E-state index in [2.05, 4.69) is 4.99 Å². The van der Waals surface area contributed by atoms with E-state index in [1.165, 1.54) is 17.4 Å². The van der Waals surface area contributed by atoms with Gasteiger partial charge in [-0.25, -0.2) is 4.39 Å². The van der Waals surface area contributed by atoms with Crippen LogP contribution < -0.4 is 9.54 Å². The zero-order chi connectivity index (χ0) is 26.6. The number of rotatable bonds is 6. The first-order valence-electron chi connectivity index (χ1n) is 12.0. The van der Waals surface area contributed by atoms with E-state index in [-0.39, 0.29) is 11.7 Å². The number of ether oxygens (including phenoxy) is 1. The van der Waals surface area contributed by atoms with Gasteiger partial charge in [0.15, 0.2) is 4.80 Å². The van der Waals surface area contributed by atoms with Gasteiger partial charge in [0.25, 0.3) is 5.91 Å². The lowest BCUT2D eigenvalue weighted by Gasteiger charge is -2.12. The summed E-state index contributed by atoms with van der Waals surface area (Å²) in [6.45, 7) is 1.74. The van der Waals surface area contributed by atoms with Crippen molar-refractivity contribution in [1.82, 2.24) is 4.57 Å². The Hall–Kier alpha value is -4.00. The predicted octanol–water partition coefficient (Wildman–Crippen LogP) is 7.90. The van der Waals surface area contributed by atoms with Crippen molar-refractivity contribution in [2.75, 3.05) is 7.11 Å². The fourth-order valence-electron chi connectivity index (χ4n) is 4.18. The number of amides is 1. The number of carbonyl (C=O) groups is 1. The fraction of sp³-hybridized carbons (Fsp3) is 0.0968. The van der Waals surface area contributed by atoms with Crippen LogP contribution in [0.5, 0.6) is 5.75 Å². The Morgan fingerprint density at radius 2 is 1.66 bits per heavy atom. The Labute approximate surface area is 229 Å². The predicted molar refractivity (Wildman–Crippen MR) is 151 cm³/mol. The monoisotopic (exact) mass is 542 g/mol. The zero-order valence-electron chi connectivity index (χ0n) is 20.8. The highest BCUT2D eigenvalue weighted by Crippen LogP contribution is 2.28. The highest BCUT2D eigenvalue weighted by atomic mass is 35.5. The fourth-order valence-corrected chi connectivity index (χ4v) is 5.21. The molecular weight excluding hydrogens is 519 g/mol. The van der Waals surface area contributed by atoms with E-state index in [1.54, 1.807) is 26.2 Å². The van der Waals surface area contributed by atoms with Gasteiger partial charge in [-0.3, -0.25) is 9.36 Å². The topological polar surface area (TPSA) is 43.6 Å². The van der Waals surface area contributed by atoms with Crippen LogP contribution in [0, 0.1) is 5.82 Å². The van der Waals surface area contributed by atoms with E-state index in [4.69, 9.17) is 16.3 Å². The summed E-state index contributed by atoms with van der Waals surface area (Å²) in [4.78, 5) is 18.3. The molecule has 5 aromatic rings. The lowest BCUT2D eigenvalue weighted by molar-refractivity contribution is -0.119. The second-order valence-electron chi connectivity index (χ2n) is 8.72. The Balaban J connectivity index is 1.53. The molecule has 0 saturated heterocycles. The first-order chi connectivity index (χ1) is 18.4. The Kier molecular flexibility index (Phi) is 7.54. The highest BCUT2D eigenvalue weighted by molar-refractivity contribution is 7.07. The summed E-state index contributed by atoms with van der Waals surface area (Å²) in [6.07, 6.45) is 0. The van der Waals surface area contributed by atoms with Crippen LogP contribution in [0.15, 0.2) is 107 Å². The number of carbonyl (C=O) groups excluding carboxylic acids is 1. The maximum Gasteiger partial charge on any atom is 0.255 e. The number of aromatic nitrogens is 1. The first-order valence-corrected chi connectivity index (χ1v) is 13.2. The minimum atomic E-state index is -0.625. The summed E-state index contributed by atoms with van der Waals surface area (Å²) < 4.78 is 22.2. The third-order valence-corrected chi connectivity index (χ3v) is 7.41. The molecule has 0 spiro atoms. The standard InChI is InChI=1S/C31H24ClFN2O2S/c1-20(23-10-17-27(28(33)18-23)21-6-4-3-5-7-21)30(36)34-31-35(25-13-15-26(37-2)16-14-25)29(19-38-31)22-8-11-24(32)12-9-22/h3-20H,1-2H3. The van der Waals surface area contributed by atoms with Gasteiger partial charge >= 0.3 is 0 Å². The summed E-state index contributed by atoms with van der Waals surface area (Å²) in [5.74, 6) is -0.632. The summed E-state index contributed by atoms with van der Waals surface area (Å²) in [6, 6.07) is 29.3. The molecule has 1 atom stereocenters. The third-order valence-electron chi connectivity index (χ3n) is 6.33. The number of hydrogen-bond acceptors (Lipinski definition) is 3. The molecule has 0 aliphatic rings. The van der Waals surface area contributed by atoms with Crippen LogP contribution in [0.25, 0.3) is 28.1 Å². The van der Waals surface area contributed by atoms with Crippen LogP contribution in [0.1, 0.15) is 18.4 Å². The molecule has 4 aromatic carbocycles. The minimum absolute atomic E-state index is 0.358. The largest absolute Gasteiger partial charge is 0.497 e. The van der Waals surface area contributed by atoms with Crippen molar-refractivity contribution in [1.29, 1.82) is 0 Å². The number of benzene rings is 4. The Morgan fingerprint density at radius 1 is 0.947 bits per heavy atom. The molecule has 0 aliphatic carbocycles. The van der Waals surface area contributed by atoms with E-state index in [0.717, 1.165) is 28.3 Å². The van der Waals surface area contributed by atoms with Gasteiger partial charge in [0, 0.05) is 21.7 Å². The van der Waals surface area contributed by atoms with E-state index >= 15 is 0 Å². The molecule has 5 rings (SSSR count). The van der Waals surface area contributed by atoms with Crippen LogP contribution in [-0.2, 0) is 4.79 Å². The second-order valence-corrected chi connectivity index (χ2v) is 9.99. The molecule has 0 N–H and O–H groups in total. The number of hydrogen-bond donors (Lipinski definition) is 0. The van der Waals surface area contributed by atoms with Gasteiger partial charge in [0.2, 0.25) is 0 Å². The number of methoxy groups -OCH3 is 1. The molecule has 190 valence electrons. The smallest absolute Gasteiger partial charge is 0.255 e. The normalized spacial score (nSPS) is 12.4. The van der Waals surface area contributed by atoms with Crippen LogP contribution in [0.2, 0.25) is 5.02 Å². The third kappa shape index (κ3) is 5.32. The van der Waals surface area contributed by atoms with Crippen molar-refractivity contribution in [3.63, 3.8) is 0 Å². The van der Waals surface area contributed by atoms with E-state index < -0.39 is 5.92 Å². The molecule has 1 amide bonds. The Bertz CT molecular complexity index is 1640. The Morgan fingerprint density at radius 3 is 2.32 bits per heavy atom. The van der Waals surface area contributed by atoms with Gasteiger partial charge in [0.1, 0.15) is 11.6 Å². The van der Waals surface area contributed by atoms with Crippen LogP contribution in [0.4, 0.5) is 4.39 Å². The molecule has 0 aliphatic heterocycles. The van der Waals surface area contributed by atoms with Crippen LogP contribution in [-0.4, -0.2) is 17.6 Å². The maximum absolute atomic E-state index is 15.0. The van der Waals surface area contributed by atoms with Crippen LogP contribution in [0.3, 0.4) is 0 Å². The summed E-state index contributed by atoms with van der Waals surface area (Å²) in [7, 11) is 1.61. The molecule has 38 heavy (non-hydrogen) atoms. The number of halogens is 2. The lowest BCUT2D eigenvalue weighted by Crippen LogP contribution is -2.18. The van der Waals surface area contributed by atoms with Gasteiger partial charge in [-0.05, 0) is 66.1 Å². The van der Waals surface area contributed by atoms with Gasteiger partial charge in [-0.15, -0.1) is 11.3 Å². The summed E-state index contributed by atoms with van der Waals surface area (Å²) in [5, 5.41) is 2.60. The average Bonchev–Trinajstić information content (AvgIpc) is 3.36. The number of thiazole rings is 1. The highest BCUT2D eigenvalue weighted by Gasteiger charge is 2.19. The van der Waals surface area contributed by atoms with E-state index in [1.807, 2.05) is 88.8 Å². The van der Waals surface area contributed by atoms with Crippen molar-refractivity contribution in [3.05, 3.63) is 124 Å². The maximum atomic E-state index is 15.0. The van der Waals surface area contributed by atoms with Crippen molar-refractivity contribution >= 4 is 28.8 Å². The number of nitrogens with zero attached hydrogens (tertiary/aromatic N) is 2. The average molecular weight is 543 g/mol. The van der Waals surface area contributed by atoms with E-state index in [9.17, 15) is 9.18 Å². The molecule has 1 unspecified atom stereocenters. The van der Waals surface area contributed by atoms with Crippen molar-refractivity contribution in [2.45, 2.75) is 12.8 Å². The molecule has 7 heteroatoms. The molecule has 0 saturated carbocycles. The van der Waals surface area contributed by atoms with Crippen molar-refractivity contribution in [3.8, 4) is 33.8 Å². The molecule has 0 radical (unpaired) electrons. The quantitative estimate of drug-likeness (QED) is 0.219. The van der Waals surface area contributed by atoms with Gasteiger partial charge < -0.3 is 4.74 Å². The minimum Gasteiger partial charge on any atom is -0.497 e. The molecule has 1 heterocycles. The van der Waals surface area contributed by atoms with Gasteiger partial charge in [-0.2, -0.15) is 4.99 Å². The lowest BCUT2D eigenvalue weighted by atomic mass is 9.96. The SMILES string of the molecule is COc1ccc(-n2c(-c3ccc(Cl)cc3)csc2=NC(=O)C(C)c2ccc(-c3ccccc3)c(F)c2)cc1. The van der Waals surface area contributed by atoms with Gasteiger partial charge in [-0.1, -0.05) is 66.2 Å². The molecule has 0 bridgehead atoms. The molecule has 0 fully saturated rings. The van der Waals surface area contributed by atoms with E-state index in [0.29, 0.717) is 21.0 Å². The summed E-state index contributed by atoms with van der Waals surface area (Å²) >= 11 is 7.47. The van der Waals surface area contributed by atoms with Gasteiger partial charge in [0.05, 0.1) is 18.7 Å². The first kappa shape index (κ1) is 25.6. The van der Waals surface area contributed by atoms with Crippen LogP contribution >= 0.6 is 22.9 Å². The second kappa shape index (κ2) is 11.2. The molecule has 4 nitrogen and oxygen atoms in total.